The minimum Gasteiger partial charge on any atom is -0.480 e. The highest BCUT2D eigenvalue weighted by atomic mass is 16.5. The van der Waals surface area contributed by atoms with Gasteiger partial charge in [0.15, 0.2) is 0 Å². The molecular formula is C21H36N2O5. The van der Waals surface area contributed by atoms with Crippen LogP contribution in [0.3, 0.4) is 0 Å². The predicted octanol–water partition coefficient (Wildman–Crippen LogP) is 2.58. The lowest BCUT2D eigenvalue weighted by Gasteiger charge is -2.35. The summed E-state index contributed by atoms with van der Waals surface area (Å²) < 4.78 is 5.17. The molecule has 0 radical (unpaired) electrons. The van der Waals surface area contributed by atoms with Crippen molar-refractivity contribution < 1.29 is 24.2 Å². The lowest BCUT2D eigenvalue weighted by molar-refractivity contribution is -0.152. The molecule has 160 valence electrons. The number of carboxylic acids is 1. The van der Waals surface area contributed by atoms with Gasteiger partial charge in [0.05, 0.1) is 12.6 Å². The molecule has 28 heavy (non-hydrogen) atoms. The summed E-state index contributed by atoms with van der Waals surface area (Å²) in [7, 11) is 0. The summed E-state index contributed by atoms with van der Waals surface area (Å²) in [5.41, 5.74) is 0. The van der Waals surface area contributed by atoms with Gasteiger partial charge in [0.25, 0.3) is 0 Å². The van der Waals surface area contributed by atoms with Crippen LogP contribution in [-0.4, -0.2) is 58.6 Å². The van der Waals surface area contributed by atoms with Crippen molar-refractivity contribution in [1.82, 2.24) is 10.2 Å². The van der Waals surface area contributed by atoms with Gasteiger partial charge in [-0.2, -0.15) is 0 Å². The van der Waals surface area contributed by atoms with Gasteiger partial charge in [-0.25, -0.2) is 4.79 Å². The number of amides is 1. The molecule has 0 aromatic heterocycles. The summed E-state index contributed by atoms with van der Waals surface area (Å²) in [6.45, 7) is 7.94. The SMILES string of the molecule is CCOC(=O)[C@H](CCC(C)C)N[C@@H](C)C(=O)N1[C@H](C(=O)O)C[C@@H]2CCCC[C@@H]21. The lowest BCUT2D eigenvalue weighted by Crippen LogP contribution is -2.55. The minimum absolute atomic E-state index is 0.00306. The number of ether oxygens (including phenoxy) is 1. The summed E-state index contributed by atoms with van der Waals surface area (Å²) >= 11 is 0. The molecule has 1 heterocycles. The molecule has 1 saturated heterocycles. The zero-order chi connectivity index (χ0) is 20.8. The fourth-order valence-electron chi connectivity index (χ4n) is 4.61. The smallest absolute Gasteiger partial charge is 0.326 e. The van der Waals surface area contributed by atoms with E-state index >= 15 is 0 Å². The van der Waals surface area contributed by atoms with Crippen LogP contribution in [-0.2, 0) is 19.1 Å². The van der Waals surface area contributed by atoms with Gasteiger partial charge in [-0.05, 0) is 57.8 Å². The zero-order valence-electron chi connectivity index (χ0n) is 17.6. The number of rotatable bonds is 9. The van der Waals surface area contributed by atoms with Gasteiger partial charge in [0.2, 0.25) is 5.91 Å². The Kier molecular flexibility index (Phi) is 8.28. The quantitative estimate of drug-likeness (QED) is 0.582. The highest BCUT2D eigenvalue weighted by molar-refractivity contribution is 5.88. The van der Waals surface area contributed by atoms with E-state index in [-0.39, 0.29) is 30.4 Å². The first-order chi connectivity index (χ1) is 13.3. The fourth-order valence-corrected chi connectivity index (χ4v) is 4.61. The van der Waals surface area contributed by atoms with Gasteiger partial charge in [-0.15, -0.1) is 0 Å². The van der Waals surface area contributed by atoms with E-state index < -0.39 is 24.1 Å². The van der Waals surface area contributed by atoms with Crippen LogP contribution >= 0.6 is 0 Å². The summed E-state index contributed by atoms with van der Waals surface area (Å²) in [5.74, 6) is -0.803. The number of aliphatic carboxylic acids is 1. The first-order valence-electron chi connectivity index (χ1n) is 10.7. The van der Waals surface area contributed by atoms with Crippen molar-refractivity contribution in [3.05, 3.63) is 0 Å². The molecular weight excluding hydrogens is 360 g/mol. The molecule has 7 heteroatoms. The largest absolute Gasteiger partial charge is 0.480 e. The molecule has 1 aliphatic carbocycles. The first kappa shape index (κ1) is 22.7. The Hall–Kier alpha value is -1.63. The van der Waals surface area contributed by atoms with Crippen LogP contribution in [0.4, 0.5) is 0 Å². The van der Waals surface area contributed by atoms with E-state index in [1.165, 1.54) is 0 Å². The standard InChI is InChI=1S/C21H36N2O5/c1-5-28-21(27)16(11-10-13(2)3)22-14(4)19(24)23-17-9-7-6-8-15(17)12-18(23)20(25)26/h13-18,22H,5-12H2,1-4H3,(H,25,26)/t14-,15-,16-,17-,18-/m0/s1. The fraction of sp³-hybridized carbons (Fsp3) is 0.857. The number of likely N-dealkylation sites (tertiary alicyclic amines) is 1. The number of hydrogen-bond acceptors (Lipinski definition) is 5. The molecule has 0 aromatic carbocycles. The highest BCUT2D eigenvalue weighted by Crippen LogP contribution is 2.40. The van der Waals surface area contributed by atoms with Crippen molar-refractivity contribution in [2.24, 2.45) is 11.8 Å². The third-order valence-corrected chi connectivity index (χ3v) is 6.05. The van der Waals surface area contributed by atoms with E-state index in [2.05, 4.69) is 19.2 Å². The molecule has 2 fully saturated rings. The Bertz CT molecular complexity index is 565. The van der Waals surface area contributed by atoms with E-state index in [1.54, 1.807) is 18.7 Å². The minimum atomic E-state index is -0.934. The number of carboxylic acid groups (broad SMARTS) is 1. The van der Waals surface area contributed by atoms with Gasteiger partial charge in [-0.3, -0.25) is 14.9 Å². The molecule has 1 aliphatic heterocycles. The van der Waals surface area contributed by atoms with Gasteiger partial charge in [0.1, 0.15) is 12.1 Å². The van der Waals surface area contributed by atoms with Crippen LogP contribution < -0.4 is 5.32 Å². The molecule has 2 N–H and O–H groups in total. The number of nitrogens with one attached hydrogen (secondary N) is 1. The van der Waals surface area contributed by atoms with E-state index in [1.807, 2.05) is 0 Å². The van der Waals surface area contributed by atoms with E-state index in [9.17, 15) is 19.5 Å². The van der Waals surface area contributed by atoms with Crippen LogP contribution in [0.15, 0.2) is 0 Å². The Morgan fingerprint density at radius 3 is 2.43 bits per heavy atom. The molecule has 0 bridgehead atoms. The van der Waals surface area contributed by atoms with Crippen molar-refractivity contribution in [2.75, 3.05) is 6.61 Å². The summed E-state index contributed by atoms with van der Waals surface area (Å²) in [5, 5.41) is 12.8. The topological polar surface area (TPSA) is 95.9 Å². The van der Waals surface area contributed by atoms with E-state index in [4.69, 9.17) is 4.74 Å². The lowest BCUT2D eigenvalue weighted by atomic mass is 9.84. The van der Waals surface area contributed by atoms with Crippen LogP contribution in [0.25, 0.3) is 0 Å². The van der Waals surface area contributed by atoms with Gasteiger partial charge < -0.3 is 14.7 Å². The average Bonchev–Trinajstić information content (AvgIpc) is 3.04. The maximum atomic E-state index is 13.2. The number of carbonyl (C=O) groups is 3. The van der Waals surface area contributed by atoms with Gasteiger partial charge in [-0.1, -0.05) is 26.7 Å². The monoisotopic (exact) mass is 396 g/mol. The maximum absolute atomic E-state index is 13.2. The average molecular weight is 397 g/mol. The van der Waals surface area contributed by atoms with Crippen molar-refractivity contribution >= 4 is 17.8 Å². The molecule has 1 saturated carbocycles. The predicted molar refractivity (Wildman–Crippen MR) is 106 cm³/mol. The summed E-state index contributed by atoms with van der Waals surface area (Å²) in [4.78, 5) is 38.9. The van der Waals surface area contributed by atoms with Crippen LogP contribution in [0.2, 0.25) is 0 Å². The van der Waals surface area contributed by atoms with Crippen molar-refractivity contribution in [3.63, 3.8) is 0 Å². The second-order valence-corrected chi connectivity index (χ2v) is 8.61. The molecule has 2 aliphatic rings. The third-order valence-electron chi connectivity index (χ3n) is 6.05. The molecule has 0 unspecified atom stereocenters. The molecule has 7 nitrogen and oxygen atoms in total. The summed E-state index contributed by atoms with van der Waals surface area (Å²) in [6.07, 6.45) is 5.93. The highest BCUT2D eigenvalue weighted by Gasteiger charge is 2.48. The van der Waals surface area contributed by atoms with E-state index in [0.717, 1.165) is 32.1 Å². The molecule has 2 rings (SSSR count). The Morgan fingerprint density at radius 2 is 1.82 bits per heavy atom. The maximum Gasteiger partial charge on any atom is 0.326 e. The van der Waals surface area contributed by atoms with Gasteiger partial charge in [0, 0.05) is 6.04 Å². The number of esters is 1. The van der Waals surface area contributed by atoms with Crippen LogP contribution in [0, 0.1) is 11.8 Å². The van der Waals surface area contributed by atoms with Crippen molar-refractivity contribution in [3.8, 4) is 0 Å². The molecule has 0 aromatic rings. The number of nitrogens with zero attached hydrogens (tertiary/aromatic N) is 1. The normalized spacial score (nSPS) is 26.6. The number of carbonyl (C=O) groups excluding carboxylic acids is 2. The van der Waals surface area contributed by atoms with E-state index in [0.29, 0.717) is 18.8 Å². The third kappa shape index (κ3) is 5.46. The second-order valence-electron chi connectivity index (χ2n) is 8.61. The second kappa shape index (κ2) is 10.2. The van der Waals surface area contributed by atoms with Crippen molar-refractivity contribution in [1.29, 1.82) is 0 Å². The Balaban J connectivity index is 2.10. The van der Waals surface area contributed by atoms with Crippen molar-refractivity contribution in [2.45, 2.75) is 96.8 Å². The molecule has 0 spiro atoms. The van der Waals surface area contributed by atoms with Crippen LogP contribution in [0.5, 0.6) is 0 Å². The zero-order valence-corrected chi connectivity index (χ0v) is 17.6. The first-order valence-corrected chi connectivity index (χ1v) is 10.7. The molecule has 5 atom stereocenters. The van der Waals surface area contributed by atoms with Crippen LogP contribution in [0.1, 0.15) is 72.6 Å². The summed E-state index contributed by atoms with van der Waals surface area (Å²) in [6, 6.07) is -1.96. The Labute approximate surface area is 168 Å². The molecule has 1 amide bonds. The Morgan fingerprint density at radius 1 is 1.14 bits per heavy atom. The number of fused-ring (bicyclic) bond motifs is 1. The van der Waals surface area contributed by atoms with Gasteiger partial charge >= 0.3 is 11.9 Å². The number of hydrogen-bond donors (Lipinski definition) is 2.